The molecule has 0 aliphatic heterocycles. The maximum Gasteiger partial charge on any atom is 0.251 e. The Kier molecular flexibility index (Phi) is 5.13. The smallest absolute Gasteiger partial charge is 0.251 e. The van der Waals surface area contributed by atoms with Crippen molar-refractivity contribution in [3.8, 4) is 0 Å². The van der Waals surface area contributed by atoms with Gasteiger partial charge in [0.2, 0.25) is 0 Å². The van der Waals surface area contributed by atoms with Crippen molar-refractivity contribution in [2.45, 2.75) is 33.6 Å². The molecule has 100 valence electrons. The summed E-state index contributed by atoms with van der Waals surface area (Å²) in [4.78, 5) is 12.0. The van der Waals surface area contributed by atoms with E-state index in [9.17, 15) is 9.18 Å². The van der Waals surface area contributed by atoms with Crippen LogP contribution in [0.1, 0.15) is 42.6 Å². The molecule has 0 saturated heterocycles. The van der Waals surface area contributed by atoms with E-state index in [0.29, 0.717) is 23.6 Å². The van der Waals surface area contributed by atoms with Gasteiger partial charge in [0.25, 0.3) is 5.91 Å². The lowest BCUT2D eigenvalue weighted by Gasteiger charge is -2.14. The molecule has 0 aliphatic carbocycles. The summed E-state index contributed by atoms with van der Waals surface area (Å²) >= 11 is 0. The highest BCUT2D eigenvalue weighted by Gasteiger charge is 2.13. The summed E-state index contributed by atoms with van der Waals surface area (Å²) < 4.78 is 13.2. The molecule has 0 spiro atoms. The fourth-order valence-electron chi connectivity index (χ4n) is 1.84. The first-order valence-corrected chi connectivity index (χ1v) is 6.33. The van der Waals surface area contributed by atoms with E-state index in [1.54, 1.807) is 6.92 Å². The molecule has 0 aliphatic rings. The number of hydrogen-bond acceptors (Lipinski definition) is 2. The number of carbonyl (C=O) groups excluding carboxylic acids is 1. The highest BCUT2D eigenvalue weighted by molar-refractivity contribution is 5.96. The van der Waals surface area contributed by atoms with Crippen molar-refractivity contribution in [3.05, 3.63) is 29.1 Å². The Morgan fingerprint density at radius 3 is 2.56 bits per heavy atom. The third-order valence-corrected chi connectivity index (χ3v) is 3.29. The van der Waals surface area contributed by atoms with Gasteiger partial charge in [-0.25, -0.2) is 4.39 Å². The van der Waals surface area contributed by atoms with E-state index >= 15 is 0 Å². The molecule has 18 heavy (non-hydrogen) atoms. The van der Waals surface area contributed by atoms with Crippen molar-refractivity contribution in [1.29, 1.82) is 0 Å². The Labute approximate surface area is 108 Å². The molecular formula is C14H21FN2O. The second kappa shape index (κ2) is 6.38. The van der Waals surface area contributed by atoms with Crippen molar-refractivity contribution >= 4 is 11.6 Å². The van der Waals surface area contributed by atoms with E-state index < -0.39 is 5.82 Å². The molecule has 3 nitrogen and oxygen atoms in total. The fraction of sp³-hybridized carbons (Fsp3) is 0.500. The summed E-state index contributed by atoms with van der Waals surface area (Å²) in [7, 11) is 0. The largest absolute Gasteiger partial charge is 0.396 e. The van der Waals surface area contributed by atoms with Crippen LogP contribution >= 0.6 is 0 Å². The van der Waals surface area contributed by atoms with Crippen LogP contribution in [0, 0.1) is 18.7 Å². The predicted molar refractivity (Wildman–Crippen MR) is 72.0 cm³/mol. The van der Waals surface area contributed by atoms with E-state index in [2.05, 4.69) is 19.2 Å². The highest BCUT2D eigenvalue weighted by Crippen LogP contribution is 2.17. The maximum atomic E-state index is 13.2. The molecule has 1 rings (SSSR count). The summed E-state index contributed by atoms with van der Waals surface area (Å²) in [5.41, 5.74) is 6.53. The molecule has 0 fully saturated rings. The second-order valence-corrected chi connectivity index (χ2v) is 4.58. The molecule has 0 atom stereocenters. The second-order valence-electron chi connectivity index (χ2n) is 4.58. The summed E-state index contributed by atoms with van der Waals surface area (Å²) in [5, 5.41) is 2.87. The average molecular weight is 252 g/mol. The third-order valence-electron chi connectivity index (χ3n) is 3.29. The normalized spacial score (nSPS) is 10.7. The van der Waals surface area contributed by atoms with Gasteiger partial charge in [0.15, 0.2) is 0 Å². The number of hydrogen-bond donors (Lipinski definition) is 2. The van der Waals surface area contributed by atoms with Gasteiger partial charge in [-0.3, -0.25) is 4.79 Å². The van der Waals surface area contributed by atoms with Crippen LogP contribution < -0.4 is 11.1 Å². The molecule has 0 saturated carbocycles. The Bertz CT molecular complexity index is 428. The van der Waals surface area contributed by atoms with Crippen LogP contribution in [0.3, 0.4) is 0 Å². The molecule has 0 aromatic heterocycles. The van der Waals surface area contributed by atoms with Crippen molar-refractivity contribution in [2.24, 2.45) is 5.92 Å². The Morgan fingerprint density at radius 2 is 2.00 bits per heavy atom. The monoisotopic (exact) mass is 252 g/mol. The van der Waals surface area contributed by atoms with E-state index in [0.717, 1.165) is 12.8 Å². The molecule has 0 unspecified atom stereocenters. The molecule has 1 aromatic rings. The van der Waals surface area contributed by atoms with E-state index in [-0.39, 0.29) is 11.6 Å². The lowest BCUT2D eigenvalue weighted by Crippen LogP contribution is -2.29. The van der Waals surface area contributed by atoms with Crippen LogP contribution in [-0.4, -0.2) is 12.5 Å². The molecule has 0 radical (unpaired) electrons. The first kappa shape index (κ1) is 14.5. The number of nitrogens with two attached hydrogens (primary N) is 1. The molecule has 0 heterocycles. The number of amides is 1. The first-order valence-electron chi connectivity index (χ1n) is 6.33. The lowest BCUT2D eigenvalue weighted by molar-refractivity contribution is 0.0946. The standard InChI is InChI=1S/C14H21FN2O/c1-4-10(5-2)8-17-14(18)11-7-13(16)12(15)6-9(11)3/h6-7,10H,4-5,8,16H2,1-3H3,(H,17,18). The molecule has 4 heteroatoms. The number of nitrogens with one attached hydrogen (secondary N) is 1. The molecule has 3 N–H and O–H groups in total. The van der Waals surface area contributed by atoms with Crippen molar-refractivity contribution in [2.75, 3.05) is 12.3 Å². The third kappa shape index (κ3) is 3.45. The zero-order valence-electron chi connectivity index (χ0n) is 11.2. The van der Waals surface area contributed by atoms with Crippen LogP contribution in [0.25, 0.3) is 0 Å². The van der Waals surface area contributed by atoms with Gasteiger partial charge < -0.3 is 11.1 Å². The van der Waals surface area contributed by atoms with Crippen LogP contribution in [0.2, 0.25) is 0 Å². The summed E-state index contributed by atoms with van der Waals surface area (Å²) in [6.45, 7) is 6.54. The van der Waals surface area contributed by atoms with Crippen LogP contribution in [0.5, 0.6) is 0 Å². The summed E-state index contributed by atoms with van der Waals surface area (Å²) in [5.74, 6) is -0.192. The fourth-order valence-corrected chi connectivity index (χ4v) is 1.84. The SMILES string of the molecule is CCC(CC)CNC(=O)c1cc(N)c(F)cc1C. The highest BCUT2D eigenvalue weighted by atomic mass is 19.1. The Morgan fingerprint density at radius 1 is 1.39 bits per heavy atom. The predicted octanol–water partition coefficient (Wildman–Crippen LogP) is 2.88. The number of halogens is 1. The van der Waals surface area contributed by atoms with Crippen molar-refractivity contribution in [1.82, 2.24) is 5.32 Å². The minimum absolute atomic E-state index is 0.00767. The maximum absolute atomic E-state index is 13.2. The van der Waals surface area contributed by atoms with Crippen LogP contribution in [0.4, 0.5) is 10.1 Å². The van der Waals surface area contributed by atoms with Gasteiger partial charge in [0.05, 0.1) is 5.69 Å². The van der Waals surface area contributed by atoms with Gasteiger partial charge in [0.1, 0.15) is 5.82 Å². The van der Waals surface area contributed by atoms with Gasteiger partial charge in [-0.05, 0) is 30.5 Å². The number of aryl methyl sites for hydroxylation is 1. The zero-order chi connectivity index (χ0) is 13.7. The van der Waals surface area contributed by atoms with Gasteiger partial charge in [-0.15, -0.1) is 0 Å². The van der Waals surface area contributed by atoms with Gasteiger partial charge in [0, 0.05) is 12.1 Å². The Balaban J connectivity index is 2.76. The quantitative estimate of drug-likeness (QED) is 0.792. The van der Waals surface area contributed by atoms with Gasteiger partial charge >= 0.3 is 0 Å². The number of carbonyl (C=O) groups is 1. The molecule has 0 bridgehead atoms. The minimum atomic E-state index is -0.482. The van der Waals surface area contributed by atoms with E-state index in [1.807, 2.05) is 0 Å². The molecular weight excluding hydrogens is 231 g/mol. The minimum Gasteiger partial charge on any atom is -0.396 e. The van der Waals surface area contributed by atoms with Crippen molar-refractivity contribution in [3.63, 3.8) is 0 Å². The number of rotatable bonds is 5. The average Bonchev–Trinajstić information content (AvgIpc) is 2.34. The zero-order valence-corrected chi connectivity index (χ0v) is 11.2. The van der Waals surface area contributed by atoms with Crippen molar-refractivity contribution < 1.29 is 9.18 Å². The number of benzene rings is 1. The number of anilines is 1. The van der Waals surface area contributed by atoms with Gasteiger partial charge in [-0.1, -0.05) is 26.7 Å². The lowest BCUT2D eigenvalue weighted by atomic mass is 10.0. The van der Waals surface area contributed by atoms with E-state index in [1.165, 1.54) is 12.1 Å². The first-order chi connectivity index (χ1) is 8.49. The topological polar surface area (TPSA) is 55.1 Å². The molecule has 1 aromatic carbocycles. The number of nitrogen functional groups attached to an aromatic ring is 1. The Hall–Kier alpha value is -1.58. The van der Waals surface area contributed by atoms with Crippen LogP contribution in [0.15, 0.2) is 12.1 Å². The van der Waals surface area contributed by atoms with Gasteiger partial charge in [-0.2, -0.15) is 0 Å². The molecule has 1 amide bonds. The van der Waals surface area contributed by atoms with E-state index in [4.69, 9.17) is 5.73 Å². The van der Waals surface area contributed by atoms with Crippen LogP contribution in [-0.2, 0) is 0 Å². The summed E-state index contributed by atoms with van der Waals surface area (Å²) in [6, 6.07) is 2.69. The summed E-state index contributed by atoms with van der Waals surface area (Å²) in [6.07, 6.45) is 2.06.